The molecule has 0 fully saturated rings. The molecule has 0 amide bonds. The van der Waals surface area contributed by atoms with Crippen molar-refractivity contribution >= 4 is 0 Å². The van der Waals surface area contributed by atoms with Gasteiger partial charge in [0.15, 0.2) is 0 Å². The zero-order valence-corrected chi connectivity index (χ0v) is 8.58. The van der Waals surface area contributed by atoms with Gasteiger partial charge in [-0.25, -0.2) is 0 Å². The van der Waals surface area contributed by atoms with E-state index in [4.69, 9.17) is 4.42 Å². The summed E-state index contributed by atoms with van der Waals surface area (Å²) in [6, 6.07) is 1.85. The second-order valence-corrected chi connectivity index (χ2v) is 3.64. The number of aliphatic hydroxyl groups excluding tert-OH is 1. The van der Waals surface area contributed by atoms with Crippen molar-refractivity contribution < 1.29 is 9.52 Å². The molecule has 0 aromatic carbocycles. The lowest BCUT2D eigenvalue weighted by atomic mass is 9.94. The van der Waals surface area contributed by atoms with Crippen LogP contribution in [-0.2, 0) is 0 Å². The monoisotopic (exact) mass is 182 g/mol. The maximum atomic E-state index is 9.93. The summed E-state index contributed by atoms with van der Waals surface area (Å²) in [5.74, 6) is 1.14. The molecule has 1 heterocycles. The number of hydrogen-bond acceptors (Lipinski definition) is 2. The topological polar surface area (TPSA) is 33.4 Å². The molecule has 2 heteroatoms. The van der Waals surface area contributed by atoms with Gasteiger partial charge in [-0.1, -0.05) is 20.3 Å². The predicted octanol–water partition coefficient (Wildman–Crippen LogP) is 3.06. The van der Waals surface area contributed by atoms with E-state index in [-0.39, 0.29) is 6.10 Å². The fourth-order valence-electron chi connectivity index (χ4n) is 1.62. The summed E-state index contributed by atoms with van der Waals surface area (Å²) in [5.41, 5.74) is 0.931. The fourth-order valence-corrected chi connectivity index (χ4v) is 1.62. The standard InChI is InChI=1S/C11H18O2/c1-4-5-8(2)11(12)10-6-7-13-9(10)3/h6-8,11-12H,4-5H2,1-3H3. The maximum Gasteiger partial charge on any atom is 0.106 e. The summed E-state index contributed by atoms with van der Waals surface area (Å²) in [5, 5.41) is 9.93. The fraction of sp³-hybridized carbons (Fsp3) is 0.636. The minimum atomic E-state index is -0.376. The number of rotatable bonds is 4. The van der Waals surface area contributed by atoms with Gasteiger partial charge in [0.05, 0.1) is 12.4 Å². The van der Waals surface area contributed by atoms with Crippen LogP contribution in [-0.4, -0.2) is 5.11 Å². The molecule has 1 rings (SSSR count). The second-order valence-electron chi connectivity index (χ2n) is 3.64. The average Bonchev–Trinajstić information content (AvgIpc) is 2.50. The minimum Gasteiger partial charge on any atom is -0.469 e. The lowest BCUT2D eigenvalue weighted by molar-refractivity contribution is 0.111. The van der Waals surface area contributed by atoms with E-state index < -0.39 is 0 Å². The number of aryl methyl sites for hydroxylation is 1. The maximum absolute atomic E-state index is 9.93. The van der Waals surface area contributed by atoms with Gasteiger partial charge in [0.1, 0.15) is 5.76 Å². The molecule has 0 aliphatic rings. The smallest absolute Gasteiger partial charge is 0.106 e. The van der Waals surface area contributed by atoms with Gasteiger partial charge < -0.3 is 9.52 Å². The summed E-state index contributed by atoms with van der Waals surface area (Å²) in [6.07, 6.45) is 3.41. The summed E-state index contributed by atoms with van der Waals surface area (Å²) in [4.78, 5) is 0. The van der Waals surface area contributed by atoms with Gasteiger partial charge in [-0.15, -0.1) is 0 Å². The van der Waals surface area contributed by atoms with E-state index in [9.17, 15) is 5.11 Å². The first-order chi connectivity index (χ1) is 6.16. The molecule has 0 saturated heterocycles. The first kappa shape index (κ1) is 10.3. The van der Waals surface area contributed by atoms with Gasteiger partial charge in [0.25, 0.3) is 0 Å². The van der Waals surface area contributed by atoms with E-state index >= 15 is 0 Å². The SMILES string of the molecule is CCCC(C)C(O)c1ccoc1C. The van der Waals surface area contributed by atoms with Crippen LogP contribution in [0.25, 0.3) is 0 Å². The van der Waals surface area contributed by atoms with Gasteiger partial charge in [0, 0.05) is 5.56 Å². The number of hydrogen-bond donors (Lipinski definition) is 1. The predicted molar refractivity (Wildman–Crippen MR) is 52.5 cm³/mol. The molecule has 0 radical (unpaired) electrons. The van der Waals surface area contributed by atoms with Crippen molar-refractivity contribution in [2.75, 3.05) is 0 Å². The van der Waals surface area contributed by atoms with Crippen molar-refractivity contribution in [3.8, 4) is 0 Å². The highest BCUT2D eigenvalue weighted by atomic mass is 16.3. The molecule has 1 aromatic rings. The first-order valence-corrected chi connectivity index (χ1v) is 4.88. The molecule has 2 unspecified atom stereocenters. The highest BCUT2D eigenvalue weighted by Gasteiger charge is 2.18. The third-order valence-electron chi connectivity index (χ3n) is 2.50. The zero-order chi connectivity index (χ0) is 9.84. The Bertz CT molecular complexity index is 252. The molecule has 1 aromatic heterocycles. The minimum absolute atomic E-state index is 0.307. The summed E-state index contributed by atoms with van der Waals surface area (Å²) < 4.78 is 5.15. The van der Waals surface area contributed by atoms with Crippen LogP contribution in [0.1, 0.15) is 44.1 Å². The molecule has 0 aliphatic carbocycles. The Balaban J connectivity index is 2.67. The van der Waals surface area contributed by atoms with Crippen LogP contribution >= 0.6 is 0 Å². The number of aliphatic hydroxyl groups is 1. The molecule has 0 bridgehead atoms. The van der Waals surface area contributed by atoms with E-state index in [1.54, 1.807) is 6.26 Å². The van der Waals surface area contributed by atoms with Crippen molar-refractivity contribution in [1.29, 1.82) is 0 Å². The molecule has 0 spiro atoms. The Hall–Kier alpha value is -0.760. The molecule has 0 aliphatic heterocycles. The summed E-state index contributed by atoms with van der Waals surface area (Å²) in [6.45, 7) is 6.09. The quantitative estimate of drug-likeness (QED) is 0.776. The number of furan rings is 1. The molecule has 2 atom stereocenters. The lowest BCUT2D eigenvalue weighted by Crippen LogP contribution is -2.08. The zero-order valence-electron chi connectivity index (χ0n) is 8.58. The average molecular weight is 182 g/mol. The largest absolute Gasteiger partial charge is 0.469 e. The Morgan fingerprint density at radius 1 is 1.54 bits per heavy atom. The Morgan fingerprint density at radius 2 is 2.23 bits per heavy atom. The van der Waals surface area contributed by atoms with Crippen molar-refractivity contribution in [2.45, 2.75) is 39.7 Å². The van der Waals surface area contributed by atoms with Crippen molar-refractivity contribution in [3.63, 3.8) is 0 Å². The third kappa shape index (κ3) is 2.34. The van der Waals surface area contributed by atoms with Crippen LogP contribution < -0.4 is 0 Å². The van der Waals surface area contributed by atoms with Gasteiger partial charge in [-0.3, -0.25) is 0 Å². The first-order valence-electron chi connectivity index (χ1n) is 4.88. The molecule has 74 valence electrons. The van der Waals surface area contributed by atoms with Crippen LogP contribution in [0.15, 0.2) is 16.7 Å². The molecule has 1 N–H and O–H groups in total. The lowest BCUT2D eigenvalue weighted by Gasteiger charge is -2.17. The highest BCUT2D eigenvalue weighted by molar-refractivity contribution is 5.18. The Kier molecular flexibility index (Phi) is 3.55. The van der Waals surface area contributed by atoms with Gasteiger partial charge in [-0.05, 0) is 25.3 Å². The van der Waals surface area contributed by atoms with Crippen LogP contribution in [0, 0.1) is 12.8 Å². The normalized spacial score (nSPS) is 15.7. The van der Waals surface area contributed by atoms with Crippen LogP contribution in [0.3, 0.4) is 0 Å². The Labute approximate surface area is 79.6 Å². The summed E-state index contributed by atoms with van der Waals surface area (Å²) >= 11 is 0. The van der Waals surface area contributed by atoms with Crippen molar-refractivity contribution in [1.82, 2.24) is 0 Å². The van der Waals surface area contributed by atoms with Crippen LogP contribution in [0.5, 0.6) is 0 Å². The van der Waals surface area contributed by atoms with E-state index in [1.807, 2.05) is 13.0 Å². The van der Waals surface area contributed by atoms with E-state index in [1.165, 1.54) is 0 Å². The molecular formula is C11H18O2. The van der Waals surface area contributed by atoms with E-state index in [2.05, 4.69) is 13.8 Å². The van der Waals surface area contributed by atoms with Crippen molar-refractivity contribution in [3.05, 3.63) is 23.7 Å². The highest BCUT2D eigenvalue weighted by Crippen LogP contribution is 2.27. The van der Waals surface area contributed by atoms with E-state index in [0.717, 1.165) is 24.2 Å². The van der Waals surface area contributed by atoms with Crippen molar-refractivity contribution in [2.24, 2.45) is 5.92 Å². The third-order valence-corrected chi connectivity index (χ3v) is 2.50. The van der Waals surface area contributed by atoms with Gasteiger partial charge >= 0.3 is 0 Å². The second kappa shape index (κ2) is 4.47. The Morgan fingerprint density at radius 3 is 2.69 bits per heavy atom. The van der Waals surface area contributed by atoms with Crippen LogP contribution in [0.2, 0.25) is 0 Å². The summed E-state index contributed by atoms with van der Waals surface area (Å²) in [7, 11) is 0. The van der Waals surface area contributed by atoms with E-state index in [0.29, 0.717) is 5.92 Å². The van der Waals surface area contributed by atoms with Gasteiger partial charge in [-0.2, -0.15) is 0 Å². The molecule has 0 saturated carbocycles. The molecule has 2 nitrogen and oxygen atoms in total. The molecular weight excluding hydrogens is 164 g/mol. The van der Waals surface area contributed by atoms with Crippen LogP contribution in [0.4, 0.5) is 0 Å². The van der Waals surface area contributed by atoms with Gasteiger partial charge in [0.2, 0.25) is 0 Å². The molecule has 13 heavy (non-hydrogen) atoms.